The van der Waals surface area contributed by atoms with Crippen LogP contribution < -0.4 is 10.6 Å². The lowest BCUT2D eigenvalue weighted by Crippen LogP contribution is -2.41. The zero-order valence-electron chi connectivity index (χ0n) is 11.7. The molecule has 2 atom stereocenters. The van der Waals surface area contributed by atoms with Crippen molar-refractivity contribution in [2.75, 3.05) is 18.1 Å². The summed E-state index contributed by atoms with van der Waals surface area (Å²) in [7, 11) is 0. The minimum atomic E-state index is 0.112. The van der Waals surface area contributed by atoms with Gasteiger partial charge in [-0.1, -0.05) is 20.3 Å². The molecule has 0 fully saturated rings. The zero-order valence-corrected chi connectivity index (χ0v) is 12.5. The van der Waals surface area contributed by atoms with E-state index in [1.165, 1.54) is 11.5 Å². The first-order valence-corrected chi connectivity index (χ1v) is 7.86. The van der Waals surface area contributed by atoms with Crippen molar-refractivity contribution in [3.05, 3.63) is 0 Å². The molecule has 2 N–H and O–H groups in total. The van der Waals surface area contributed by atoms with Crippen LogP contribution in [0.1, 0.15) is 47.0 Å². The Morgan fingerprint density at radius 3 is 2.47 bits per heavy atom. The predicted molar refractivity (Wildman–Crippen MR) is 77.6 cm³/mol. The van der Waals surface area contributed by atoms with Crippen LogP contribution >= 0.6 is 11.8 Å². The molecule has 0 saturated heterocycles. The molecule has 0 aromatic heterocycles. The SMILES string of the molecule is CCCC(C)NC(=O)CNC(C)CCSCC. The van der Waals surface area contributed by atoms with E-state index < -0.39 is 0 Å². The fourth-order valence-electron chi connectivity index (χ4n) is 1.60. The topological polar surface area (TPSA) is 41.1 Å². The summed E-state index contributed by atoms with van der Waals surface area (Å²) in [6, 6.07) is 0.710. The summed E-state index contributed by atoms with van der Waals surface area (Å²) in [5, 5.41) is 6.26. The zero-order chi connectivity index (χ0) is 13.1. The van der Waals surface area contributed by atoms with Gasteiger partial charge in [-0.2, -0.15) is 11.8 Å². The average Bonchev–Trinajstić information content (AvgIpc) is 2.27. The van der Waals surface area contributed by atoms with Crippen LogP contribution in [-0.4, -0.2) is 36.0 Å². The van der Waals surface area contributed by atoms with E-state index in [1.54, 1.807) is 0 Å². The molecule has 0 heterocycles. The fraction of sp³-hybridized carbons (Fsp3) is 0.923. The van der Waals surface area contributed by atoms with Crippen LogP contribution in [0.2, 0.25) is 0 Å². The second kappa shape index (κ2) is 10.9. The van der Waals surface area contributed by atoms with Crippen molar-refractivity contribution >= 4 is 17.7 Å². The Morgan fingerprint density at radius 1 is 1.18 bits per heavy atom. The van der Waals surface area contributed by atoms with Gasteiger partial charge in [-0.25, -0.2) is 0 Å². The summed E-state index contributed by atoms with van der Waals surface area (Å²) in [5.41, 5.74) is 0. The van der Waals surface area contributed by atoms with Crippen molar-refractivity contribution in [1.29, 1.82) is 0 Å². The second-order valence-electron chi connectivity index (χ2n) is 4.52. The van der Waals surface area contributed by atoms with Crippen molar-refractivity contribution in [2.24, 2.45) is 0 Å². The van der Waals surface area contributed by atoms with E-state index in [-0.39, 0.29) is 5.91 Å². The van der Waals surface area contributed by atoms with Gasteiger partial charge in [-0.05, 0) is 38.2 Å². The van der Waals surface area contributed by atoms with E-state index in [1.807, 2.05) is 11.8 Å². The first-order chi connectivity index (χ1) is 8.10. The number of carbonyl (C=O) groups excluding carboxylic acids is 1. The molecule has 0 aromatic carbocycles. The highest BCUT2D eigenvalue weighted by atomic mass is 32.2. The molecule has 0 rings (SSSR count). The summed E-state index contributed by atoms with van der Waals surface area (Å²) in [4.78, 5) is 11.6. The van der Waals surface area contributed by atoms with Crippen LogP contribution in [0, 0.1) is 0 Å². The van der Waals surface area contributed by atoms with Crippen molar-refractivity contribution in [1.82, 2.24) is 10.6 Å². The van der Waals surface area contributed by atoms with E-state index in [0.29, 0.717) is 18.6 Å². The molecule has 0 aliphatic rings. The lowest BCUT2D eigenvalue weighted by atomic mass is 10.2. The normalized spacial score (nSPS) is 14.4. The van der Waals surface area contributed by atoms with Crippen LogP contribution in [0.5, 0.6) is 0 Å². The quantitative estimate of drug-likeness (QED) is 0.593. The number of carbonyl (C=O) groups is 1. The summed E-state index contributed by atoms with van der Waals surface area (Å²) in [5.74, 6) is 2.45. The number of thioether (sulfide) groups is 1. The third-order valence-electron chi connectivity index (χ3n) is 2.64. The Hall–Kier alpha value is -0.220. The highest BCUT2D eigenvalue weighted by molar-refractivity contribution is 7.99. The van der Waals surface area contributed by atoms with Crippen molar-refractivity contribution in [3.63, 3.8) is 0 Å². The molecule has 1 amide bonds. The van der Waals surface area contributed by atoms with Gasteiger partial charge in [0.1, 0.15) is 0 Å². The molecule has 17 heavy (non-hydrogen) atoms. The minimum absolute atomic E-state index is 0.112. The lowest BCUT2D eigenvalue weighted by Gasteiger charge is -2.16. The van der Waals surface area contributed by atoms with E-state index >= 15 is 0 Å². The Morgan fingerprint density at radius 2 is 1.88 bits per heavy atom. The first-order valence-electron chi connectivity index (χ1n) is 6.70. The summed E-state index contributed by atoms with van der Waals surface area (Å²) < 4.78 is 0. The molecular weight excluding hydrogens is 232 g/mol. The molecule has 0 spiro atoms. The van der Waals surface area contributed by atoms with Crippen LogP contribution in [0.25, 0.3) is 0 Å². The van der Waals surface area contributed by atoms with Crippen LogP contribution in [0.15, 0.2) is 0 Å². The average molecular weight is 260 g/mol. The van der Waals surface area contributed by atoms with E-state index in [9.17, 15) is 4.79 Å². The highest BCUT2D eigenvalue weighted by Gasteiger charge is 2.08. The van der Waals surface area contributed by atoms with Crippen LogP contribution in [0.3, 0.4) is 0 Å². The molecule has 3 nitrogen and oxygen atoms in total. The molecule has 0 aromatic rings. The van der Waals surface area contributed by atoms with Gasteiger partial charge in [-0.15, -0.1) is 0 Å². The van der Waals surface area contributed by atoms with Gasteiger partial charge < -0.3 is 10.6 Å². The van der Waals surface area contributed by atoms with Crippen LogP contribution in [0.4, 0.5) is 0 Å². The smallest absolute Gasteiger partial charge is 0.234 e. The molecular formula is C13H28N2OS. The Balaban J connectivity index is 3.54. The van der Waals surface area contributed by atoms with Gasteiger partial charge in [0.05, 0.1) is 6.54 Å². The second-order valence-corrected chi connectivity index (χ2v) is 5.92. The maximum atomic E-state index is 11.6. The summed E-state index contributed by atoms with van der Waals surface area (Å²) in [6.45, 7) is 8.94. The van der Waals surface area contributed by atoms with Gasteiger partial charge in [0.2, 0.25) is 5.91 Å². The molecule has 0 bridgehead atoms. The van der Waals surface area contributed by atoms with Gasteiger partial charge >= 0.3 is 0 Å². The van der Waals surface area contributed by atoms with Gasteiger partial charge in [0.25, 0.3) is 0 Å². The van der Waals surface area contributed by atoms with Crippen molar-refractivity contribution in [2.45, 2.75) is 59.0 Å². The lowest BCUT2D eigenvalue weighted by molar-refractivity contribution is -0.121. The molecule has 2 unspecified atom stereocenters. The third kappa shape index (κ3) is 10.6. The number of rotatable bonds is 10. The molecule has 0 aliphatic heterocycles. The maximum absolute atomic E-state index is 11.6. The predicted octanol–water partition coefficient (Wildman–Crippen LogP) is 2.41. The first kappa shape index (κ1) is 16.8. The summed E-state index contributed by atoms with van der Waals surface area (Å²) in [6.07, 6.45) is 3.28. The Kier molecular flexibility index (Phi) is 10.8. The molecule has 0 radical (unpaired) electrons. The molecule has 102 valence electrons. The van der Waals surface area contributed by atoms with Gasteiger partial charge in [-0.3, -0.25) is 4.79 Å². The van der Waals surface area contributed by atoms with Crippen LogP contribution in [-0.2, 0) is 4.79 Å². The number of hydrogen-bond donors (Lipinski definition) is 2. The highest BCUT2D eigenvalue weighted by Crippen LogP contribution is 2.03. The van der Waals surface area contributed by atoms with Gasteiger partial charge in [0.15, 0.2) is 0 Å². The van der Waals surface area contributed by atoms with Crippen molar-refractivity contribution < 1.29 is 4.79 Å². The van der Waals surface area contributed by atoms with Gasteiger partial charge in [0, 0.05) is 12.1 Å². The molecule has 0 aliphatic carbocycles. The number of nitrogens with one attached hydrogen (secondary N) is 2. The van der Waals surface area contributed by atoms with E-state index in [2.05, 4.69) is 38.3 Å². The molecule has 4 heteroatoms. The fourth-order valence-corrected chi connectivity index (χ4v) is 2.41. The third-order valence-corrected chi connectivity index (χ3v) is 3.57. The monoisotopic (exact) mass is 260 g/mol. The maximum Gasteiger partial charge on any atom is 0.234 e. The number of amides is 1. The molecule has 0 saturated carbocycles. The Labute approximate surface area is 111 Å². The van der Waals surface area contributed by atoms with E-state index in [4.69, 9.17) is 0 Å². The summed E-state index contributed by atoms with van der Waals surface area (Å²) >= 11 is 1.95. The minimum Gasteiger partial charge on any atom is -0.353 e. The standard InChI is InChI=1S/C13H28N2OS/c1-5-7-12(4)15-13(16)10-14-11(3)8-9-17-6-2/h11-12,14H,5-10H2,1-4H3,(H,15,16). The van der Waals surface area contributed by atoms with Crippen molar-refractivity contribution in [3.8, 4) is 0 Å². The largest absolute Gasteiger partial charge is 0.353 e. The number of hydrogen-bond acceptors (Lipinski definition) is 3. The Bertz CT molecular complexity index is 200. The van der Waals surface area contributed by atoms with E-state index in [0.717, 1.165) is 19.3 Å².